The van der Waals surface area contributed by atoms with Gasteiger partial charge in [0.1, 0.15) is 5.76 Å². The van der Waals surface area contributed by atoms with Crippen molar-refractivity contribution < 1.29 is 5.11 Å². The van der Waals surface area contributed by atoms with Crippen molar-refractivity contribution in [2.24, 2.45) is 10.2 Å². The zero-order chi connectivity index (χ0) is 19.8. The number of aliphatic hydroxyl groups excluding tert-OH is 1. The van der Waals surface area contributed by atoms with Crippen molar-refractivity contribution in [2.75, 3.05) is 5.73 Å². The van der Waals surface area contributed by atoms with Gasteiger partial charge in [0.2, 0.25) is 0 Å². The van der Waals surface area contributed by atoms with E-state index >= 15 is 0 Å². The minimum atomic E-state index is -0.0437. The Bertz CT molecular complexity index is 653. The lowest BCUT2D eigenvalue weighted by Crippen LogP contribution is -1.92. The van der Waals surface area contributed by atoms with Crippen LogP contribution in [0, 0.1) is 0 Å². The molecule has 0 unspecified atom stereocenters. The molecule has 0 saturated heterocycles. The molecule has 0 amide bonds. The van der Waals surface area contributed by atoms with Crippen LogP contribution in [0.1, 0.15) is 45.7 Å². The monoisotopic (exact) mass is 341 g/mol. The van der Waals surface area contributed by atoms with Crippen LogP contribution in [-0.2, 0) is 0 Å². The van der Waals surface area contributed by atoms with Crippen LogP contribution in [0.5, 0.6) is 0 Å². The highest BCUT2D eigenvalue weighted by atomic mass is 16.3. The molecule has 0 aromatic heterocycles. The van der Waals surface area contributed by atoms with Gasteiger partial charge in [0.15, 0.2) is 0 Å². The third-order valence-electron chi connectivity index (χ3n) is 2.72. The number of nitrogens with two attached hydrogens (primary N) is 1. The first-order chi connectivity index (χ1) is 12.0. The minimum absolute atomic E-state index is 0.0437. The van der Waals surface area contributed by atoms with Crippen molar-refractivity contribution in [3.8, 4) is 0 Å². The lowest BCUT2D eigenvalue weighted by molar-refractivity contribution is 0.435. The van der Waals surface area contributed by atoms with E-state index in [-0.39, 0.29) is 5.76 Å². The summed E-state index contributed by atoms with van der Waals surface area (Å²) in [6.45, 7) is 20.7. The molecule has 0 heterocycles. The van der Waals surface area contributed by atoms with Crippen molar-refractivity contribution in [1.82, 2.24) is 0 Å². The van der Waals surface area contributed by atoms with Gasteiger partial charge < -0.3 is 10.8 Å². The average molecular weight is 341 g/mol. The van der Waals surface area contributed by atoms with Gasteiger partial charge in [-0.05, 0) is 31.2 Å². The maximum Gasteiger partial charge on any atom is 0.108 e. The Morgan fingerprint density at radius 1 is 1.04 bits per heavy atom. The van der Waals surface area contributed by atoms with E-state index in [1.165, 1.54) is 6.08 Å². The normalized spacial score (nSPS) is 10.5. The topological polar surface area (TPSA) is 71.0 Å². The van der Waals surface area contributed by atoms with E-state index in [9.17, 15) is 0 Å². The van der Waals surface area contributed by atoms with Gasteiger partial charge in [-0.2, -0.15) is 5.11 Å². The minimum Gasteiger partial charge on any atom is -0.509 e. The van der Waals surface area contributed by atoms with E-state index in [2.05, 4.69) is 30.0 Å². The van der Waals surface area contributed by atoms with E-state index < -0.39 is 0 Å². The second-order valence-corrected chi connectivity index (χ2v) is 4.15. The number of allylic oxidation sites excluding steroid dienone is 3. The van der Waals surface area contributed by atoms with Crippen LogP contribution in [0.15, 0.2) is 71.8 Å². The fourth-order valence-electron chi connectivity index (χ4n) is 1.65. The van der Waals surface area contributed by atoms with E-state index in [1.54, 1.807) is 36.4 Å². The molecule has 0 spiro atoms. The van der Waals surface area contributed by atoms with Crippen LogP contribution in [-0.4, -0.2) is 5.11 Å². The van der Waals surface area contributed by atoms with Gasteiger partial charge in [0.25, 0.3) is 0 Å². The molecule has 4 nitrogen and oxygen atoms in total. The van der Waals surface area contributed by atoms with Gasteiger partial charge in [-0.15, -0.1) is 5.11 Å². The second kappa shape index (κ2) is 14.7. The summed E-state index contributed by atoms with van der Waals surface area (Å²) < 4.78 is 0. The van der Waals surface area contributed by atoms with Crippen LogP contribution in [0.3, 0.4) is 0 Å². The lowest BCUT2D eigenvalue weighted by atomic mass is 10.0. The van der Waals surface area contributed by atoms with Crippen molar-refractivity contribution >= 4 is 23.5 Å². The number of rotatable bonds is 6. The third-order valence-corrected chi connectivity index (χ3v) is 2.72. The summed E-state index contributed by atoms with van der Waals surface area (Å²) in [5.74, 6) is -0.0437. The Labute approximate surface area is 152 Å². The molecule has 0 atom stereocenters. The highest BCUT2D eigenvalue weighted by Gasteiger charge is 2.06. The summed E-state index contributed by atoms with van der Waals surface area (Å²) in [7, 11) is 0. The summed E-state index contributed by atoms with van der Waals surface area (Å²) in [4.78, 5) is 0. The smallest absolute Gasteiger partial charge is 0.108 e. The average Bonchev–Trinajstić information content (AvgIpc) is 2.65. The quantitative estimate of drug-likeness (QED) is 0.248. The summed E-state index contributed by atoms with van der Waals surface area (Å²) in [6.07, 6.45) is 8.16. The second-order valence-electron chi connectivity index (χ2n) is 4.15. The van der Waals surface area contributed by atoms with Gasteiger partial charge in [-0.1, -0.05) is 65.7 Å². The number of hydrogen-bond acceptors (Lipinski definition) is 4. The number of benzene rings is 1. The fraction of sp³-hybridized carbons (Fsp3) is 0.238. The van der Waals surface area contributed by atoms with Crippen LogP contribution in [0.4, 0.5) is 11.4 Å². The summed E-state index contributed by atoms with van der Waals surface area (Å²) in [5.41, 5.74) is 9.30. The molecule has 0 radical (unpaired) electrons. The standard InChI is InChI=1S/C17H19N3O.2C2H6/c1-5-13(9-8-12(4)21)19-20-17-11-10-16(18)14(6-2)15(17)7-3;2*1-2/h5-11,21H,2-4,18H2,1H3;2*1-2H3/b9-8-,13-5+,20-19?;;. The van der Waals surface area contributed by atoms with E-state index in [0.717, 1.165) is 11.1 Å². The molecule has 0 aliphatic heterocycles. The lowest BCUT2D eigenvalue weighted by Gasteiger charge is -2.07. The van der Waals surface area contributed by atoms with Gasteiger partial charge in [-0.3, -0.25) is 0 Å². The summed E-state index contributed by atoms with van der Waals surface area (Å²) >= 11 is 0. The van der Waals surface area contributed by atoms with Gasteiger partial charge in [0.05, 0.1) is 11.4 Å². The molecule has 136 valence electrons. The predicted octanol–water partition coefficient (Wildman–Crippen LogP) is 7.22. The molecule has 0 fully saturated rings. The van der Waals surface area contributed by atoms with Crippen molar-refractivity contribution in [3.63, 3.8) is 0 Å². The van der Waals surface area contributed by atoms with Crippen LogP contribution >= 0.6 is 0 Å². The first-order valence-electron chi connectivity index (χ1n) is 8.34. The molecule has 25 heavy (non-hydrogen) atoms. The molecule has 0 aliphatic rings. The molecule has 1 aromatic carbocycles. The van der Waals surface area contributed by atoms with Gasteiger partial charge in [-0.25, -0.2) is 0 Å². The summed E-state index contributed by atoms with van der Waals surface area (Å²) in [5, 5.41) is 17.4. The molecular formula is C21H31N3O. The molecule has 0 aliphatic carbocycles. The van der Waals surface area contributed by atoms with Crippen molar-refractivity contribution in [1.29, 1.82) is 0 Å². The number of anilines is 1. The van der Waals surface area contributed by atoms with Crippen molar-refractivity contribution in [2.45, 2.75) is 34.6 Å². The molecule has 4 heteroatoms. The van der Waals surface area contributed by atoms with Crippen LogP contribution in [0.25, 0.3) is 12.2 Å². The Morgan fingerprint density at radius 3 is 2.04 bits per heavy atom. The number of hydrogen-bond donors (Lipinski definition) is 2. The highest BCUT2D eigenvalue weighted by molar-refractivity contribution is 5.80. The maximum absolute atomic E-state index is 9.04. The van der Waals surface area contributed by atoms with E-state index in [1.807, 2.05) is 34.6 Å². The number of azo groups is 1. The zero-order valence-corrected chi connectivity index (χ0v) is 16.1. The molecule has 1 aromatic rings. The molecular weight excluding hydrogens is 310 g/mol. The Morgan fingerprint density at radius 2 is 1.60 bits per heavy atom. The van der Waals surface area contributed by atoms with Gasteiger partial charge >= 0.3 is 0 Å². The SMILES string of the molecule is C=Cc1c(N)ccc(N=NC(/C=C\C(=C)O)=C/C)c1C=C.CC.CC. The Balaban J connectivity index is 0. The summed E-state index contributed by atoms with van der Waals surface area (Å²) in [6, 6.07) is 3.52. The largest absolute Gasteiger partial charge is 0.509 e. The van der Waals surface area contributed by atoms with Gasteiger partial charge in [0, 0.05) is 16.8 Å². The van der Waals surface area contributed by atoms with Crippen LogP contribution in [0.2, 0.25) is 0 Å². The number of aliphatic hydroxyl groups is 1. The van der Waals surface area contributed by atoms with E-state index in [0.29, 0.717) is 17.1 Å². The Kier molecular flexibility index (Phi) is 14.3. The van der Waals surface area contributed by atoms with Crippen LogP contribution < -0.4 is 5.73 Å². The first kappa shape index (κ1) is 24.4. The third kappa shape index (κ3) is 8.51. The zero-order valence-electron chi connectivity index (χ0n) is 16.1. The fourth-order valence-corrected chi connectivity index (χ4v) is 1.65. The Hall–Kier alpha value is -2.88. The maximum atomic E-state index is 9.04. The first-order valence-corrected chi connectivity index (χ1v) is 8.34. The van der Waals surface area contributed by atoms with Crippen molar-refractivity contribution in [3.05, 3.63) is 72.7 Å². The molecule has 3 N–H and O–H groups in total. The number of nitrogens with zero attached hydrogens (tertiary/aromatic N) is 2. The molecule has 0 saturated carbocycles. The molecule has 1 rings (SSSR count). The number of nitrogen functional groups attached to an aromatic ring is 1. The molecule has 0 bridgehead atoms. The predicted molar refractivity (Wildman–Crippen MR) is 113 cm³/mol. The highest BCUT2D eigenvalue weighted by Crippen LogP contribution is 2.30. The van der Waals surface area contributed by atoms with E-state index in [4.69, 9.17) is 10.8 Å².